The topological polar surface area (TPSA) is 80.9 Å². The van der Waals surface area contributed by atoms with E-state index < -0.39 is 0 Å². The minimum absolute atomic E-state index is 0.0434. The molecule has 86 valence electrons. The van der Waals surface area contributed by atoms with Gasteiger partial charge in [0.1, 0.15) is 5.01 Å². The van der Waals surface area contributed by atoms with E-state index in [1.54, 1.807) is 0 Å². The van der Waals surface area contributed by atoms with Gasteiger partial charge in [0.2, 0.25) is 11.0 Å². The molecule has 6 heteroatoms. The molecule has 0 atom stereocenters. The quantitative estimate of drug-likeness (QED) is 0.773. The van der Waals surface area contributed by atoms with Crippen molar-refractivity contribution in [2.24, 2.45) is 0 Å². The summed E-state index contributed by atoms with van der Waals surface area (Å²) in [5.41, 5.74) is 6.68. The Morgan fingerprint density at radius 1 is 1.56 bits per heavy atom. The maximum Gasteiger partial charge on any atom is 0.224 e. The summed E-state index contributed by atoms with van der Waals surface area (Å²) in [6.07, 6.45) is 6.00. The lowest BCUT2D eigenvalue weighted by Gasteiger charge is -2.03. The highest BCUT2D eigenvalue weighted by atomic mass is 32.1. The highest BCUT2D eigenvalue weighted by Gasteiger charge is 2.10. The van der Waals surface area contributed by atoms with Gasteiger partial charge < -0.3 is 11.1 Å². The average Bonchev–Trinajstić information content (AvgIpc) is 2.87. The van der Waals surface area contributed by atoms with Crippen LogP contribution < -0.4 is 11.1 Å². The number of anilines is 1. The molecule has 0 aliphatic heterocycles. The van der Waals surface area contributed by atoms with Crippen LogP contribution in [0, 0.1) is 0 Å². The molecule has 1 heterocycles. The van der Waals surface area contributed by atoms with E-state index in [2.05, 4.69) is 21.6 Å². The highest BCUT2D eigenvalue weighted by molar-refractivity contribution is 7.15. The van der Waals surface area contributed by atoms with Crippen LogP contribution in [-0.2, 0) is 11.3 Å². The summed E-state index contributed by atoms with van der Waals surface area (Å²) in [6, 6.07) is 0. The number of allylic oxidation sites excluding steroid dienone is 1. The molecule has 0 unspecified atom stereocenters. The minimum Gasteiger partial charge on any atom is -0.374 e. The predicted octanol–water partition coefficient (Wildman–Crippen LogP) is 1.24. The number of hydrogen-bond acceptors (Lipinski definition) is 5. The molecule has 1 aliphatic rings. The van der Waals surface area contributed by atoms with Gasteiger partial charge in [-0.15, -0.1) is 10.2 Å². The van der Waals surface area contributed by atoms with Crippen molar-refractivity contribution in [3.63, 3.8) is 0 Å². The molecule has 1 amide bonds. The van der Waals surface area contributed by atoms with E-state index in [1.807, 2.05) is 0 Å². The SMILES string of the molecule is Nc1nnc(CNC(=O)CC2=CCCC2)s1. The molecular formula is C10H14N4OS. The molecule has 0 bridgehead atoms. The molecule has 3 N–H and O–H groups in total. The van der Waals surface area contributed by atoms with Gasteiger partial charge in [0, 0.05) is 6.42 Å². The van der Waals surface area contributed by atoms with Crippen molar-refractivity contribution in [1.82, 2.24) is 15.5 Å². The van der Waals surface area contributed by atoms with Crippen molar-refractivity contribution < 1.29 is 4.79 Å². The number of amides is 1. The second-order valence-corrected chi connectivity index (χ2v) is 4.84. The molecule has 0 radical (unpaired) electrons. The van der Waals surface area contributed by atoms with Gasteiger partial charge in [0.25, 0.3) is 0 Å². The third-order valence-corrected chi connectivity index (χ3v) is 3.19. The number of hydrogen-bond donors (Lipinski definition) is 2. The Labute approximate surface area is 97.8 Å². The summed E-state index contributed by atoms with van der Waals surface area (Å²) in [6.45, 7) is 0.418. The van der Waals surface area contributed by atoms with Gasteiger partial charge >= 0.3 is 0 Å². The van der Waals surface area contributed by atoms with Crippen molar-refractivity contribution in [3.8, 4) is 0 Å². The van der Waals surface area contributed by atoms with Crippen LogP contribution in [0.5, 0.6) is 0 Å². The summed E-state index contributed by atoms with van der Waals surface area (Å²) in [5, 5.41) is 11.5. The van der Waals surface area contributed by atoms with Crippen molar-refractivity contribution in [1.29, 1.82) is 0 Å². The molecule has 1 aromatic rings. The van der Waals surface area contributed by atoms with E-state index in [4.69, 9.17) is 5.73 Å². The van der Waals surface area contributed by atoms with Gasteiger partial charge in [0.05, 0.1) is 6.54 Å². The first-order valence-electron chi connectivity index (χ1n) is 5.26. The summed E-state index contributed by atoms with van der Waals surface area (Å²) in [7, 11) is 0. The zero-order chi connectivity index (χ0) is 11.4. The number of aromatic nitrogens is 2. The minimum atomic E-state index is 0.0434. The fraction of sp³-hybridized carbons (Fsp3) is 0.500. The number of nitrogens with zero attached hydrogens (tertiary/aromatic N) is 2. The largest absolute Gasteiger partial charge is 0.374 e. The summed E-state index contributed by atoms with van der Waals surface area (Å²) < 4.78 is 0. The number of rotatable bonds is 4. The van der Waals surface area contributed by atoms with Gasteiger partial charge in [0.15, 0.2) is 0 Å². The van der Waals surface area contributed by atoms with Crippen LogP contribution in [0.4, 0.5) is 5.13 Å². The van der Waals surface area contributed by atoms with Crippen molar-refractivity contribution >= 4 is 22.4 Å². The Hall–Kier alpha value is -1.43. The molecule has 5 nitrogen and oxygen atoms in total. The number of carbonyl (C=O) groups excluding carboxylic acids is 1. The Morgan fingerprint density at radius 3 is 3.06 bits per heavy atom. The van der Waals surface area contributed by atoms with E-state index in [1.165, 1.54) is 23.3 Å². The standard InChI is InChI=1S/C10H14N4OS/c11-10-14-13-9(16-10)6-12-8(15)5-7-3-1-2-4-7/h3H,1-2,4-6H2,(H2,11,14)(H,12,15). The van der Waals surface area contributed by atoms with E-state index in [0.29, 0.717) is 18.1 Å². The molecule has 0 spiro atoms. The van der Waals surface area contributed by atoms with E-state index in [0.717, 1.165) is 17.8 Å². The molecule has 1 aliphatic carbocycles. The fourth-order valence-electron chi connectivity index (χ4n) is 1.68. The second-order valence-electron chi connectivity index (χ2n) is 3.74. The van der Waals surface area contributed by atoms with Crippen molar-refractivity contribution in [3.05, 3.63) is 16.7 Å². The third-order valence-electron chi connectivity index (χ3n) is 2.44. The zero-order valence-corrected chi connectivity index (χ0v) is 9.72. The van der Waals surface area contributed by atoms with Crippen molar-refractivity contribution in [2.75, 3.05) is 5.73 Å². The number of nitrogens with two attached hydrogens (primary N) is 1. The normalized spacial score (nSPS) is 14.9. The van der Waals surface area contributed by atoms with Crippen LogP contribution >= 0.6 is 11.3 Å². The molecule has 0 aromatic carbocycles. The van der Waals surface area contributed by atoms with Crippen LogP contribution in [-0.4, -0.2) is 16.1 Å². The maximum atomic E-state index is 11.6. The molecule has 0 fully saturated rings. The van der Waals surface area contributed by atoms with Crippen LogP contribution in [0.15, 0.2) is 11.6 Å². The number of nitrogens with one attached hydrogen (secondary N) is 1. The predicted molar refractivity (Wildman–Crippen MR) is 62.7 cm³/mol. The Balaban J connectivity index is 1.75. The first-order valence-corrected chi connectivity index (χ1v) is 6.08. The molecule has 0 saturated carbocycles. The fourth-order valence-corrected chi connectivity index (χ4v) is 2.23. The maximum absolute atomic E-state index is 11.6. The van der Waals surface area contributed by atoms with Crippen LogP contribution in [0.2, 0.25) is 0 Å². The third kappa shape index (κ3) is 3.03. The molecule has 1 aromatic heterocycles. The zero-order valence-electron chi connectivity index (χ0n) is 8.90. The Kier molecular flexibility index (Phi) is 3.51. The first kappa shape index (κ1) is 11.1. The molecule has 16 heavy (non-hydrogen) atoms. The van der Waals surface area contributed by atoms with Crippen molar-refractivity contribution in [2.45, 2.75) is 32.2 Å². The van der Waals surface area contributed by atoms with Gasteiger partial charge in [-0.25, -0.2) is 0 Å². The van der Waals surface area contributed by atoms with Gasteiger partial charge in [-0.3, -0.25) is 4.79 Å². The lowest BCUT2D eigenvalue weighted by atomic mass is 10.1. The molecule has 2 rings (SSSR count). The smallest absolute Gasteiger partial charge is 0.224 e. The second kappa shape index (κ2) is 5.07. The van der Waals surface area contributed by atoms with E-state index in [-0.39, 0.29) is 5.91 Å². The molecular weight excluding hydrogens is 224 g/mol. The average molecular weight is 238 g/mol. The highest BCUT2D eigenvalue weighted by Crippen LogP contribution is 2.20. The van der Waals surface area contributed by atoms with E-state index in [9.17, 15) is 4.79 Å². The van der Waals surface area contributed by atoms with Crippen LogP contribution in [0.25, 0.3) is 0 Å². The van der Waals surface area contributed by atoms with Gasteiger partial charge in [-0.05, 0) is 19.3 Å². The van der Waals surface area contributed by atoms with Crippen LogP contribution in [0.3, 0.4) is 0 Å². The van der Waals surface area contributed by atoms with E-state index >= 15 is 0 Å². The lowest BCUT2D eigenvalue weighted by molar-refractivity contribution is -0.120. The van der Waals surface area contributed by atoms with Gasteiger partial charge in [-0.2, -0.15) is 0 Å². The molecule has 0 saturated heterocycles. The first-order chi connectivity index (χ1) is 7.74. The summed E-state index contributed by atoms with van der Waals surface area (Å²) >= 11 is 1.30. The lowest BCUT2D eigenvalue weighted by Crippen LogP contribution is -2.22. The van der Waals surface area contributed by atoms with Gasteiger partial charge in [-0.1, -0.05) is 23.0 Å². The number of carbonyl (C=O) groups is 1. The summed E-state index contributed by atoms with van der Waals surface area (Å²) in [5.74, 6) is 0.0434. The Bertz CT molecular complexity index is 413. The number of nitrogen functional groups attached to an aromatic ring is 1. The van der Waals surface area contributed by atoms with Crippen LogP contribution in [0.1, 0.15) is 30.7 Å². The monoisotopic (exact) mass is 238 g/mol. The summed E-state index contributed by atoms with van der Waals surface area (Å²) in [4.78, 5) is 11.6. The Morgan fingerprint density at radius 2 is 2.44 bits per heavy atom.